The molecule has 180 valence electrons. The molecule has 35 heavy (non-hydrogen) atoms. The monoisotopic (exact) mass is 498 g/mol. The summed E-state index contributed by atoms with van der Waals surface area (Å²) in [5.41, 5.74) is -0.432. The maximum atomic E-state index is 12.6. The van der Waals surface area contributed by atoms with Crippen molar-refractivity contribution in [2.75, 3.05) is 7.11 Å². The zero-order chi connectivity index (χ0) is 24.7. The first-order valence-electron chi connectivity index (χ1n) is 9.86. The summed E-state index contributed by atoms with van der Waals surface area (Å²) in [5.74, 6) is -2.56. The molecular weight excluding hydrogens is 479 g/mol. The van der Waals surface area contributed by atoms with Crippen LogP contribution in [0.1, 0.15) is 0 Å². The number of carboxylic acid groups (broad SMARTS) is 1. The van der Waals surface area contributed by atoms with Crippen LogP contribution in [0.5, 0.6) is 23.0 Å². The van der Waals surface area contributed by atoms with Gasteiger partial charge in [-0.25, -0.2) is 0 Å². The van der Waals surface area contributed by atoms with E-state index in [4.69, 9.17) is 18.6 Å². The van der Waals surface area contributed by atoms with Gasteiger partial charge in [0.15, 0.2) is 16.9 Å². The number of aliphatic hydroxyl groups is 3. The van der Waals surface area contributed by atoms with Crippen LogP contribution in [0.4, 0.5) is 0 Å². The van der Waals surface area contributed by atoms with Crippen molar-refractivity contribution in [1.29, 1.82) is 0 Å². The average Bonchev–Trinajstić information content (AvgIpc) is 2.78. The summed E-state index contributed by atoms with van der Waals surface area (Å²) in [6, 6.07) is 7.58. The van der Waals surface area contributed by atoms with Gasteiger partial charge in [0, 0.05) is 23.8 Å². The zero-order valence-electron chi connectivity index (χ0n) is 18.4. The number of methoxy groups -OCH3 is 1. The average molecular weight is 498 g/mol. The first-order chi connectivity index (χ1) is 16.1. The molecule has 12 nitrogen and oxygen atoms in total. The molecule has 5 N–H and O–H groups in total. The van der Waals surface area contributed by atoms with Crippen molar-refractivity contribution < 1.29 is 83.6 Å². The summed E-state index contributed by atoms with van der Waals surface area (Å²) in [5, 5.41) is 61.1. The van der Waals surface area contributed by atoms with E-state index in [2.05, 4.69) is 0 Å². The van der Waals surface area contributed by atoms with Gasteiger partial charge in [0.1, 0.15) is 52.6 Å². The Kier molecular flexibility index (Phi) is 7.97. The smallest absolute Gasteiger partial charge is 0.547 e. The second-order valence-electron chi connectivity index (χ2n) is 7.51. The number of carbonyl (C=O) groups excluding carboxylic acids is 1. The fourth-order valence-electron chi connectivity index (χ4n) is 3.57. The molecule has 1 aromatic heterocycles. The van der Waals surface area contributed by atoms with Gasteiger partial charge in [-0.05, 0) is 18.2 Å². The number of hydrogen-bond donors (Lipinski definition) is 5. The molecular formula is C22H19NaO12. The van der Waals surface area contributed by atoms with Crippen molar-refractivity contribution in [3.8, 4) is 34.3 Å². The summed E-state index contributed by atoms with van der Waals surface area (Å²) in [7, 11) is 1.37. The molecule has 0 aliphatic carbocycles. The number of aliphatic hydroxyl groups excluding tert-OH is 3. The van der Waals surface area contributed by atoms with E-state index in [0.29, 0.717) is 5.56 Å². The van der Waals surface area contributed by atoms with Crippen LogP contribution in [0.15, 0.2) is 45.6 Å². The van der Waals surface area contributed by atoms with Crippen molar-refractivity contribution in [3.05, 3.63) is 46.6 Å². The molecule has 1 aliphatic rings. The van der Waals surface area contributed by atoms with Gasteiger partial charge in [-0.3, -0.25) is 4.79 Å². The molecule has 4 rings (SSSR count). The standard InChI is InChI=1S/C22H20O12.Na/c1-31-13-3-2-8(4-10(13)23)14-7-12(25)16-11(24)5-9(6-15(16)33-14)32-22-19(28)17(26)18(27)20(34-22)21(29)30;/h2-7,17-20,22-24,26-28H,1H3,(H,29,30);/q;+1/p-1/t17-,18-,19+,20-,22+;/m0./s1. The Morgan fingerprint density at radius 3 is 2.34 bits per heavy atom. The van der Waals surface area contributed by atoms with E-state index in [1.807, 2.05) is 0 Å². The molecule has 1 aliphatic heterocycles. The number of carboxylic acids is 1. The predicted molar refractivity (Wildman–Crippen MR) is 110 cm³/mol. The number of ether oxygens (including phenoxy) is 3. The Balaban J connectivity index is 0.00000342. The number of fused-ring (bicyclic) bond motifs is 1. The van der Waals surface area contributed by atoms with E-state index < -0.39 is 47.9 Å². The molecule has 13 heteroatoms. The molecule has 1 saturated heterocycles. The molecule has 0 radical (unpaired) electrons. The van der Waals surface area contributed by atoms with Gasteiger partial charge in [0.25, 0.3) is 0 Å². The number of phenolic OH excluding ortho intramolecular Hbond substituents is 2. The number of phenols is 2. The van der Waals surface area contributed by atoms with Gasteiger partial charge in [-0.2, -0.15) is 0 Å². The number of aliphatic carboxylic acids is 1. The molecule has 5 atom stereocenters. The van der Waals surface area contributed by atoms with E-state index in [0.717, 1.165) is 12.1 Å². The second kappa shape index (κ2) is 10.4. The van der Waals surface area contributed by atoms with Gasteiger partial charge in [-0.15, -0.1) is 0 Å². The van der Waals surface area contributed by atoms with Gasteiger partial charge < -0.3 is 54.1 Å². The van der Waals surface area contributed by atoms with E-state index in [1.54, 1.807) is 0 Å². The fraction of sp³-hybridized carbons (Fsp3) is 0.273. The fourth-order valence-corrected chi connectivity index (χ4v) is 3.57. The molecule has 0 saturated carbocycles. The summed E-state index contributed by atoms with van der Waals surface area (Å²) < 4.78 is 21.1. The Labute approximate surface area is 218 Å². The first-order valence-corrected chi connectivity index (χ1v) is 9.86. The van der Waals surface area contributed by atoms with E-state index in [9.17, 15) is 40.2 Å². The summed E-state index contributed by atoms with van der Waals surface area (Å²) in [6.07, 6.45) is -9.52. The van der Waals surface area contributed by atoms with Gasteiger partial charge in [0.05, 0.1) is 13.1 Å². The third-order valence-electron chi connectivity index (χ3n) is 5.30. The number of rotatable bonds is 5. The van der Waals surface area contributed by atoms with Crippen LogP contribution >= 0.6 is 0 Å². The van der Waals surface area contributed by atoms with Crippen LogP contribution in [0.3, 0.4) is 0 Å². The maximum Gasteiger partial charge on any atom is 1.00 e. The van der Waals surface area contributed by atoms with Crippen molar-refractivity contribution in [3.63, 3.8) is 0 Å². The molecule has 0 amide bonds. The van der Waals surface area contributed by atoms with E-state index in [1.165, 1.54) is 31.4 Å². The van der Waals surface area contributed by atoms with Crippen molar-refractivity contribution in [2.24, 2.45) is 0 Å². The third kappa shape index (κ3) is 5.09. The van der Waals surface area contributed by atoms with Crippen LogP contribution in [-0.4, -0.2) is 69.3 Å². The molecule has 1 fully saturated rings. The van der Waals surface area contributed by atoms with Crippen LogP contribution in [0.25, 0.3) is 22.3 Å². The number of benzene rings is 2. The van der Waals surface area contributed by atoms with Crippen molar-refractivity contribution >= 4 is 16.9 Å². The maximum absolute atomic E-state index is 12.6. The minimum atomic E-state index is -2.00. The zero-order valence-corrected chi connectivity index (χ0v) is 20.4. The van der Waals surface area contributed by atoms with E-state index >= 15 is 0 Å². The molecule has 2 heterocycles. The quantitative estimate of drug-likeness (QED) is 0.213. The third-order valence-corrected chi connectivity index (χ3v) is 5.30. The minimum Gasteiger partial charge on any atom is -0.547 e. The van der Waals surface area contributed by atoms with Gasteiger partial charge >= 0.3 is 29.6 Å². The van der Waals surface area contributed by atoms with Crippen LogP contribution in [0, 0.1) is 0 Å². The van der Waals surface area contributed by atoms with Crippen LogP contribution in [0.2, 0.25) is 0 Å². The van der Waals surface area contributed by atoms with Crippen molar-refractivity contribution in [1.82, 2.24) is 0 Å². The van der Waals surface area contributed by atoms with Gasteiger partial charge in [0.2, 0.25) is 6.29 Å². The Bertz CT molecular complexity index is 1310. The SMILES string of the molecule is COc1ccc(-c2cc(=O)c3c(O)cc(O[C@@H]4O[C@H](C(=O)[O-])[C@@H](O)[C@H](O)[C@H]4O)cc3o2)cc1O.[Na+]. The second-order valence-corrected chi connectivity index (χ2v) is 7.51. The first kappa shape index (κ1) is 26.8. The van der Waals surface area contributed by atoms with E-state index in [-0.39, 0.29) is 63.5 Å². The number of hydrogen-bond acceptors (Lipinski definition) is 12. The largest absolute Gasteiger partial charge is 1.00 e. The summed E-state index contributed by atoms with van der Waals surface area (Å²) in [6.45, 7) is 0. The number of aromatic hydroxyl groups is 2. The van der Waals surface area contributed by atoms with Crippen LogP contribution < -0.4 is 49.6 Å². The number of carbonyl (C=O) groups is 1. The minimum absolute atomic E-state index is 0. The molecule has 2 aromatic carbocycles. The summed E-state index contributed by atoms with van der Waals surface area (Å²) in [4.78, 5) is 23.8. The Morgan fingerprint density at radius 1 is 1.00 bits per heavy atom. The Morgan fingerprint density at radius 2 is 1.71 bits per heavy atom. The molecule has 3 aromatic rings. The normalized spacial score (nSPS) is 23.9. The van der Waals surface area contributed by atoms with Gasteiger partial charge in [-0.1, -0.05) is 0 Å². The molecule has 0 unspecified atom stereocenters. The topological polar surface area (TPSA) is 199 Å². The summed E-state index contributed by atoms with van der Waals surface area (Å²) >= 11 is 0. The Hall–Kier alpha value is -2.84. The molecule has 0 spiro atoms. The molecule has 0 bridgehead atoms. The predicted octanol–water partition coefficient (Wildman–Crippen LogP) is -4.18. The van der Waals surface area contributed by atoms with Crippen molar-refractivity contribution in [2.45, 2.75) is 30.7 Å². The van der Waals surface area contributed by atoms with Crippen LogP contribution in [-0.2, 0) is 9.53 Å².